The van der Waals surface area contributed by atoms with Crippen molar-refractivity contribution in [3.8, 4) is 5.06 Å². The van der Waals surface area contributed by atoms with Crippen molar-refractivity contribution in [1.29, 1.82) is 0 Å². The van der Waals surface area contributed by atoms with Gasteiger partial charge < -0.3 is 15.2 Å². The molecule has 1 heterocycles. The minimum Gasteiger partial charge on any atom is -0.500 e. The molecule has 1 aromatic rings. The zero-order chi connectivity index (χ0) is 7.72. The van der Waals surface area contributed by atoms with Crippen molar-refractivity contribution in [2.45, 2.75) is 6.92 Å². The summed E-state index contributed by atoms with van der Waals surface area (Å²) in [6.45, 7) is 1.79. The summed E-state index contributed by atoms with van der Waals surface area (Å²) in [5.74, 6) is 0. The van der Waals surface area contributed by atoms with Gasteiger partial charge in [0.2, 0.25) is 0 Å². The molecule has 0 aliphatic heterocycles. The monoisotopic (exact) mass is 158 g/mol. The molecule has 0 radical (unpaired) electrons. The number of thiophene rings is 1. The van der Waals surface area contributed by atoms with Crippen LogP contribution in [0.1, 0.15) is 4.88 Å². The lowest BCUT2D eigenvalue weighted by atomic mass is 9.82. The van der Waals surface area contributed by atoms with Gasteiger partial charge in [0.05, 0.1) is 0 Å². The van der Waals surface area contributed by atoms with Crippen LogP contribution in [0.2, 0.25) is 0 Å². The zero-order valence-electron chi connectivity index (χ0n) is 5.40. The quantitative estimate of drug-likeness (QED) is 0.480. The molecule has 0 amide bonds. The van der Waals surface area contributed by atoms with Gasteiger partial charge in [-0.1, -0.05) is 0 Å². The summed E-state index contributed by atoms with van der Waals surface area (Å²) in [5.41, 5.74) is 0.183. The maximum atomic E-state index is 9.00. The lowest BCUT2D eigenvalue weighted by Gasteiger charge is -1.92. The molecule has 0 aliphatic carbocycles. The number of aryl methyl sites for hydroxylation is 1. The maximum absolute atomic E-state index is 9.00. The normalized spacial score (nSPS) is 9.90. The standard InChI is InChI=1S/C5H7BO3S/c1-3-2-4(6(8)9)5(7)10-3/h2,7-9H,1H3. The predicted octanol–water partition coefficient (Wildman–Crippen LogP) is -0.558. The lowest BCUT2D eigenvalue weighted by molar-refractivity contribution is 0.421. The summed E-state index contributed by atoms with van der Waals surface area (Å²) in [4.78, 5) is 0.862. The molecule has 0 aromatic carbocycles. The van der Waals surface area contributed by atoms with Crippen LogP contribution in [0, 0.1) is 6.92 Å². The first kappa shape index (κ1) is 7.59. The van der Waals surface area contributed by atoms with Crippen molar-refractivity contribution in [3.63, 3.8) is 0 Å². The summed E-state index contributed by atoms with van der Waals surface area (Å²) in [6.07, 6.45) is 0. The second-order valence-electron chi connectivity index (χ2n) is 1.99. The summed E-state index contributed by atoms with van der Waals surface area (Å²) >= 11 is 1.13. The Morgan fingerprint density at radius 1 is 1.50 bits per heavy atom. The SMILES string of the molecule is Cc1cc(B(O)O)c(O)s1. The minimum atomic E-state index is -1.56. The average Bonchev–Trinajstić information content (AvgIpc) is 2.10. The molecular weight excluding hydrogens is 151 g/mol. The Bertz CT molecular complexity index is 233. The summed E-state index contributed by atoms with van der Waals surface area (Å²) < 4.78 is 0. The summed E-state index contributed by atoms with van der Waals surface area (Å²) in [6, 6.07) is 1.55. The molecule has 3 nitrogen and oxygen atoms in total. The van der Waals surface area contributed by atoms with Crippen molar-refractivity contribution in [3.05, 3.63) is 10.9 Å². The highest BCUT2D eigenvalue weighted by atomic mass is 32.1. The van der Waals surface area contributed by atoms with E-state index < -0.39 is 7.12 Å². The molecule has 0 saturated carbocycles. The zero-order valence-corrected chi connectivity index (χ0v) is 6.22. The van der Waals surface area contributed by atoms with Gasteiger partial charge in [-0.3, -0.25) is 0 Å². The van der Waals surface area contributed by atoms with Gasteiger partial charge >= 0.3 is 7.12 Å². The predicted molar refractivity (Wildman–Crippen MR) is 40.5 cm³/mol. The van der Waals surface area contributed by atoms with Crippen LogP contribution in [-0.4, -0.2) is 22.3 Å². The smallest absolute Gasteiger partial charge is 0.493 e. The van der Waals surface area contributed by atoms with E-state index in [0.29, 0.717) is 0 Å². The van der Waals surface area contributed by atoms with E-state index in [1.54, 1.807) is 13.0 Å². The van der Waals surface area contributed by atoms with Crippen LogP contribution in [0.4, 0.5) is 0 Å². The minimum absolute atomic E-state index is 0.0208. The summed E-state index contributed by atoms with van der Waals surface area (Å²) in [5, 5.41) is 26.2. The first-order valence-corrected chi connectivity index (χ1v) is 3.58. The molecule has 0 spiro atoms. The van der Waals surface area contributed by atoms with E-state index in [9.17, 15) is 0 Å². The molecule has 0 fully saturated rings. The fourth-order valence-electron chi connectivity index (χ4n) is 0.707. The highest BCUT2D eigenvalue weighted by Crippen LogP contribution is 2.19. The van der Waals surface area contributed by atoms with Gasteiger partial charge in [-0.15, -0.1) is 11.3 Å². The molecule has 3 N–H and O–H groups in total. The van der Waals surface area contributed by atoms with E-state index in [0.717, 1.165) is 16.2 Å². The lowest BCUT2D eigenvalue weighted by Crippen LogP contribution is -2.28. The van der Waals surface area contributed by atoms with E-state index in [-0.39, 0.29) is 10.5 Å². The third kappa shape index (κ3) is 1.31. The molecule has 0 saturated heterocycles. The largest absolute Gasteiger partial charge is 0.500 e. The van der Waals surface area contributed by atoms with Gasteiger partial charge in [0, 0.05) is 10.3 Å². The van der Waals surface area contributed by atoms with Crippen LogP contribution in [0.5, 0.6) is 5.06 Å². The molecule has 54 valence electrons. The Morgan fingerprint density at radius 3 is 2.30 bits per heavy atom. The van der Waals surface area contributed by atoms with Crippen molar-refractivity contribution in [1.82, 2.24) is 0 Å². The molecule has 1 rings (SSSR count). The van der Waals surface area contributed by atoms with E-state index in [1.165, 1.54) is 0 Å². The average molecular weight is 158 g/mol. The highest BCUT2D eigenvalue weighted by Gasteiger charge is 2.17. The van der Waals surface area contributed by atoms with Gasteiger partial charge in [0.15, 0.2) is 5.06 Å². The Balaban J connectivity index is 3.03. The van der Waals surface area contributed by atoms with E-state index >= 15 is 0 Å². The number of hydrogen-bond donors (Lipinski definition) is 3. The van der Waals surface area contributed by atoms with Crippen molar-refractivity contribution in [2.75, 3.05) is 0 Å². The Labute approximate surface area is 62.7 Å². The molecule has 5 heteroatoms. The van der Waals surface area contributed by atoms with Gasteiger partial charge in [0.25, 0.3) is 0 Å². The highest BCUT2D eigenvalue weighted by molar-refractivity contribution is 7.15. The number of rotatable bonds is 1. The molecule has 0 unspecified atom stereocenters. The molecule has 0 atom stereocenters. The fraction of sp³-hybridized carbons (Fsp3) is 0.200. The van der Waals surface area contributed by atoms with Crippen LogP contribution in [0.15, 0.2) is 6.07 Å². The van der Waals surface area contributed by atoms with Gasteiger partial charge in [-0.05, 0) is 13.0 Å². The van der Waals surface area contributed by atoms with Crippen molar-refractivity contribution in [2.24, 2.45) is 0 Å². The molecule has 10 heavy (non-hydrogen) atoms. The van der Waals surface area contributed by atoms with Crippen molar-refractivity contribution < 1.29 is 15.2 Å². The molecular formula is C5H7BO3S. The van der Waals surface area contributed by atoms with Gasteiger partial charge in [-0.2, -0.15) is 0 Å². The Morgan fingerprint density at radius 2 is 2.10 bits per heavy atom. The fourth-order valence-corrected chi connectivity index (χ4v) is 1.48. The maximum Gasteiger partial charge on any atom is 0.493 e. The third-order valence-electron chi connectivity index (χ3n) is 1.14. The Hall–Kier alpha value is -0.515. The van der Waals surface area contributed by atoms with Crippen molar-refractivity contribution >= 4 is 23.9 Å². The molecule has 0 aliphatic rings. The van der Waals surface area contributed by atoms with Crippen LogP contribution in [0.3, 0.4) is 0 Å². The number of aromatic hydroxyl groups is 1. The topological polar surface area (TPSA) is 60.7 Å². The third-order valence-corrected chi connectivity index (χ3v) is 2.01. The Kier molecular flexibility index (Phi) is 1.98. The first-order chi connectivity index (χ1) is 4.61. The second kappa shape index (κ2) is 2.61. The van der Waals surface area contributed by atoms with Gasteiger partial charge in [0.1, 0.15) is 0 Å². The van der Waals surface area contributed by atoms with E-state index in [1.807, 2.05) is 0 Å². The molecule has 1 aromatic heterocycles. The first-order valence-electron chi connectivity index (χ1n) is 2.76. The number of hydrogen-bond acceptors (Lipinski definition) is 4. The van der Waals surface area contributed by atoms with Crippen LogP contribution < -0.4 is 5.46 Å². The van der Waals surface area contributed by atoms with E-state index in [4.69, 9.17) is 15.2 Å². The summed E-state index contributed by atoms with van der Waals surface area (Å²) in [7, 11) is -1.56. The molecule has 0 bridgehead atoms. The van der Waals surface area contributed by atoms with Gasteiger partial charge in [-0.25, -0.2) is 0 Å². The van der Waals surface area contributed by atoms with Crippen LogP contribution in [0.25, 0.3) is 0 Å². The second-order valence-corrected chi connectivity index (χ2v) is 3.23. The van der Waals surface area contributed by atoms with Crippen LogP contribution >= 0.6 is 11.3 Å². The van der Waals surface area contributed by atoms with Crippen LogP contribution in [-0.2, 0) is 0 Å². The van der Waals surface area contributed by atoms with E-state index in [2.05, 4.69) is 0 Å².